The van der Waals surface area contributed by atoms with Crippen LogP contribution in [0.4, 0.5) is 0 Å². The molecule has 2 unspecified atom stereocenters. The number of nitrogens with zero attached hydrogens (tertiary/aromatic N) is 1. The second-order valence-corrected chi connectivity index (χ2v) is 3.52. The normalized spacial score (nSPS) is 26.5. The van der Waals surface area contributed by atoms with Crippen LogP contribution >= 0.6 is 0 Å². The lowest BCUT2D eigenvalue weighted by molar-refractivity contribution is 0.0375. The van der Waals surface area contributed by atoms with Crippen molar-refractivity contribution in [3.63, 3.8) is 0 Å². The molecular weight excluding hydrogens is 170 g/mol. The van der Waals surface area contributed by atoms with Crippen molar-refractivity contribution in [3.05, 3.63) is 0 Å². The van der Waals surface area contributed by atoms with E-state index in [9.17, 15) is 5.11 Å². The van der Waals surface area contributed by atoms with E-state index in [1.807, 2.05) is 0 Å². The number of hydrogen-bond acceptors (Lipinski definition) is 4. The fourth-order valence-corrected chi connectivity index (χ4v) is 1.70. The van der Waals surface area contributed by atoms with Gasteiger partial charge in [-0.1, -0.05) is 0 Å². The molecule has 0 spiro atoms. The third kappa shape index (κ3) is 3.60. The number of likely N-dealkylation sites (tertiary alicyclic amines) is 1. The van der Waals surface area contributed by atoms with Gasteiger partial charge in [-0.15, -0.1) is 0 Å². The molecule has 0 radical (unpaired) electrons. The van der Waals surface area contributed by atoms with Gasteiger partial charge in [0.2, 0.25) is 0 Å². The van der Waals surface area contributed by atoms with E-state index < -0.39 is 0 Å². The highest BCUT2D eigenvalue weighted by atomic mass is 16.5. The molecule has 1 aliphatic rings. The van der Waals surface area contributed by atoms with E-state index in [1.54, 1.807) is 14.2 Å². The number of β-amino-alcohol motifs (C(OH)–C–C–N with tert-alkyl or cyclic N) is 1. The Morgan fingerprint density at radius 1 is 1.54 bits per heavy atom. The zero-order valence-corrected chi connectivity index (χ0v) is 8.40. The summed E-state index contributed by atoms with van der Waals surface area (Å²) in [5.74, 6) is 0. The number of aliphatic hydroxyl groups is 1. The summed E-state index contributed by atoms with van der Waals surface area (Å²) >= 11 is 0. The molecule has 0 aromatic rings. The summed E-state index contributed by atoms with van der Waals surface area (Å²) in [6.45, 7) is 3.04. The second-order valence-electron chi connectivity index (χ2n) is 3.52. The van der Waals surface area contributed by atoms with Crippen LogP contribution in [-0.2, 0) is 9.47 Å². The van der Waals surface area contributed by atoms with Gasteiger partial charge in [0.1, 0.15) is 0 Å². The fraction of sp³-hybridized carbons (Fsp3) is 1.00. The predicted octanol–water partition coefficient (Wildman–Crippen LogP) is -0.286. The van der Waals surface area contributed by atoms with Crippen molar-refractivity contribution in [2.75, 3.05) is 40.5 Å². The first-order valence-corrected chi connectivity index (χ1v) is 4.68. The predicted molar refractivity (Wildman–Crippen MR) is 49.7 cm³/mol. The molecule has 0 aliphatic carbocycles. The number of methoxy groups -OCH3 is 2. The monoisotopic (exact) mass is 189 g/mol. The first kappa shape index (κ1) is 10.9. The molecule has 1 N–H and O–H groups in total. The van der Waals surface area contributed by atoms with Crippen molar-refractivity contribution in [3.8, 4) is 0 Å². The maximum Gasteiger partial charge on any atom is 0.0900 e. The van der Waals surface area contributed by atoms with Crippen LogP contribution in [0, 0.1) is 0 Å². The smallest absolute Gasteiger partial charge is 0.0900 e. The van der Waals surface area contributed by atoms with Crippen molar-refractivity contribution in [1.82, 2.24) is 4.90 Å². The van der Waals surface area contributed by atoms with Gasteiger partial charge < -0.3 is 14.6 Å². The van der Waals surface area contributed by atoms with Crippen LogP contribution in [0.15, 0.2) is 0 Å². The molecule has 1 heterocycles. The number of rotatable bonds is 5. The van der Waals surface area contributed by atoms with E-state index in [0.717, 1.165) is 19.5 Å². The van der Waals surface area contributed by atoms with E-state index in [1.165, 1.54) is 0 Å². The van der Waals surface area contributed by atoms with Crippen LogP contribution in [0.1, 0.15) is 6.42 Å². The molecule has 1 saturated heterocycles. The molecule has 1 aliphatic heterocycles. The third-order valence-corrected chi connectivity index (χ3v) is 2.39. The summed E-state index contributed by atoms with van der Waals surface area (Å²) in [6.07, 6.45) is 1.03. The van der Waals surface area contributed by atoms with Crippen molar-refractivity contribution >= 4 is 0 Å². The van der Waals surface area contributed by atoms with Gasteiger partial charge in [0.15, 0.2) is 0 Å². The highest BCUT2D eigenvalue weighted by Gasteiger charge is 2.23. The molecule has 4 nitrogen and oxygen atoms in total. The van der Waals surface area contributed by atoms with Crippen LogP contribution in [-0.4, -0.2) is 62.7 Å². The summed E-state index contributed by atoms with van der Waals surface area (Å²) in [5, 5.41) is 9.46. The van der Waals surface area contributed by atoms with Crippen molar-refractivity contribution in [2.45, 2.75) is 18.6 Å². The van der Waals surface area contributed by atoms with Gasteiger partial charge in [0.05, 0.1) is 18.8 Å². The average molecular weight is 189 g/mol. The molecule has 4 heteroatoms. The maximum absolute atomic E-state index is 9.46. The van der Waals surface area contributed by atoms with Gasteiger partial charge >= 0.3 is 0 Å². The molecule has 0 bridgehead atoms. The lowest BCUT2D eigenvalue weighted by Crippen LogP contribution is -2.33. The molecule has 13 heavy (non-hydrogen) atoms. The van der Waals surface area contributed by atoms with Gasteiger partial charge in [0, 0.05) is 33.9 Å². The van der Waals surface area contributed by atoms with Gasteiger partial charge in [-0.05, 0) is 6.42 Å². The summed E-state index contributed by atoms with van der Waals surface area (Å²) < 4.78 is 10.1. The molecule has 0 aromatic carbocycles. The first-order chi connectivity index (χ1) is 6.26. The third-order valence-electron chi connectivity index (χ3n) is 2.39. The summed E-state index contributed by atoms with van der Waals surface area (Å²) in [5.41, 5.74) is 0. The Morgan fingerprint density at radius 3 is 2.85 bits per heavy atom. The Labute approximate surface area is 79.4 Å². The van der Waals surface area contributed by atoms with Crippen LogP contribution in [0.25, 0.3) is 0 Å². The molecule has 0 aromatic heterocycles. The minimum atomic E-state index is -0.374. The van der Waals surface area contributed by atoms with E-state index >= 15 is 0 Å². The standard InChI is InChI=1S/C9H19NO3/c1-12-7-8(11)5-10-4-3-9(6-10)13-2/h8-9,11H,3-7H2,1-2H3. The first-order valence-electron chi connectivity index (χ1n) is 4.68. The molecule has 2 atom stereocenters. The summed E-state index contributed by atoms with van der Waals surface area (Å²) in [6, 6.07) is 0. The Hall–Kier alpha value is -0.160. The average Bonchev–Trinajstić information content (AvgIpc) is 2.52. The van der Waals surface area contributed by atoms with Gasteiger partial charge in [0.25, 0.3) is 0 Å². The fourth-order valence-electron chi connectivity index (χ4n) is 1.70. The Morgan fingerprint density at radius 2 is 2.31 bits per heavy atom. The highest BCUT2D eigenvalue weighted by Crippen LogP contribution is 2.11. The SMILES string of the molecule is COCC(O)CN1CCC(OC)C1. The quantitative estimate of drug-likeness (QED) is 0.645. The molecule has 1 rings (SSSR count). The van der Waals surface area contributed by atoms with E-state index in [4.69, 9.17) is 9.47 Å². The van der Waals surface area contributed by atoms with Gasteiger partial charge in [-0.2, -0.15) is 0 Å². The molecule has 1 fully saturated rings. The topological polar surface area (TPSA) is 41.9 Å². The van der Waals surface area contributed by atoms with Crippen LogP contribution in [0.2, 0.25) is 0 Å². The van der Waals surface area contributed by atoms with Gasteiger partial charge in [-0.25, -0.2) is 0 Å². The van der Waals surface area contributed by atoms with Crippen LogP contribution in [0.3, 0.4) is 0 Å². The summed E-state index contributed by atoms with van der Waals surface area (Å²) in [7, 11) is 3.34. The van der Waals surface area contributed by atoms with Crippen molar-refractivity contribution in [2.24, 2.45) is 0 Å². The molecular formula is C9H19NO3. The number of ether oxygens (including phenoxy) is 2. The van der Waals surface area contributed by atoms with Crippen molar-refractivity contribution < 1.29 is 14.6 Å². The van der Waals surface area contributed by atoms with Crippen LogP contribution < -0.4 is 0 Å². The highest BCUT2D eigenvalue weighted by molar-refractivity contribution is 4.77. The Bertz CT molecular complexity index is 143. The number of aliphatic hydroxyl groups excluding tert-OH is 1. The van der Waals surface area contributed by atoms with Gasteiger partial charge in [-0.3, -0.25) is 4.90 Å². The zero-order chi connectivity index (χ0) is 9.68. The van der Waals surface area contributed by atoms with E-state index in [-0.39, 0.29) is 6.10 Å². The number of hydrogen-bond donors (Lipinski definition) is 1. The van der Waals surface area contributed by atoms with E-state index in [0.29, 0.717) is 19.3 Å². The summed E-state index contributed by atoms with van der Waals surface area (Å²) in [4.78, 5) is 2.21. The molecule has 78 valence electrons. The van der Waals surface area contributed by atoms with Crippen molar-refractivity contribution in [1.29, 1.82) is 0 Å². The minimum Gasteiger partial charge on any atom is -0.389 e. The lowest BCUT2D eigenvalue weighted by atomic mass is 10.3. The second kappa shape index (κ2) is 5.54. The van der Waals surface area contributed by atoms with E-state index in [2.05, 4.69) is 4.90 Å². The van der Waals surface area contributed by atoms with Crippen LogP contribution in [0.5, 0.6) is 0 Å². The lowest BCUT2D eigenvalue weighted by Gasteiger charge is -2.19. The maximum atomic E-state index is 9.46. The molecule has 0 amide bonds. The largest absolute Gasteiger partial charge is 0.389 e. The molecule has 0 saturated carbocycles. The zero-order valence-electron chi connectivity index (χ0n) is 8.40. The Balaban J connectivity index is 2.16. The Kier molecular flexibility index (Phi) is 4.66. The minimum absolute atomic E-state index is 0.342.